The van der Waals surface area contributed by atoms with Crippen LogP contribution in [0, 0.1) is 5.92 Å². The maximum Gasteiger partial charge on any atom is 0.0615 e. The predicted molar refractivity (Wildman–Crippen MR) is 66.7 cm³/mol. The van der Waals surface area contributed by atoms with Gasteiger partial charge in [-0.3, -0.25) is 4.90 Å². The van der Waals surface area contributed by atoms with E-state index in [1.165, 1.54) is 45.3 Å². The van der Waals surface area contributed by atoms with Crippen LogP contribution in [0.1, 0.15) is 32.6 Å². The van der Waals surface area contributed by atoms with E-state index in [1.54, 1.807) is 0 Å². The smallest absolute Gasteiger partial charge is 0.0615 e. The molecular formula is C13H26N2O. The van der Waals surface area contributed by atoms with Gasteiger partial charge in [0, 0.05) is 25.7 Å². The van der Waals surface area contributed by atoms with E-state index in [2.05, 4.69) is 17.1 Å². The number of methoxy groups -OCH3 is 1. The minimum absolute atomic E-state index is 0.583. The molecule has 1 heterocycles. The van der Waals surface area contributed by atoms with E-state index in [1.807, 2.05) is 7.11 Å². The quantitative estimate of drug-likeness (QED) is 0.742. The molecule has 0 aromatic rings. The molecule has 2 unspecified atom stereocenters. The lowest BCUT2D eigenvalue weighted by atomic mass is 9.98. The molecule has 1 N–H and O–H groups in total. The second-order valence-corrected chi connectivity index (χ2v) is 5.44. The topological polar surface area (TPSA) is 24.5 Å². The fraction of sp³-hybridized carbons (Fsp3) is 1.00. The molecule has 16 heavy (non-hydrogen) atoms. The molecule has 1 aliphatic heterocycles. The third-order valence-electron chi connectivity index (χ3n) is 3.86. The van der Waals surface area contributed by atoms with Crippen LogP contribution in [0.3, 0.4) is 0 Å². The fourth-order valence-corrected chi connectivity index (χ4v) is 2.81. The Morgan fingerprint density at radius 2 is 2.19 bits per heavy atom. The van der Waals surface area contributed by atoms with Crippen molar-refractivity contribution in [1.29, 1.82) is 0 Å². The van der Waals surface area contributed by atoms with E-state index in [4.69, 9.17) is 4.74 Å². The van der Waals surface area contributed by atoms with Gasteiger partial charge in [-0.1, -0.05) is 0 Å². The van der Waals surface area contributed by atoms with Crippen LogP contribution in [0.4, 0.5) is 0 Å². The number of nitrogens with one attached hydrogen (secondary N) is 1. The summed E-state index contributed by atoms with van der Waals surface area (Å²) in [5, 5.41) is 3.51. The van der Waals surface area contributed by atoms with Crippen LogP contribution >= 0.6 is 0 Å². The summed E-state index contributed by atoms with van der Waals surface area (Å²) < 4.78 is 5.29. The fourth-order valence-electron chi connectivity index (χ4n) is 2.81. The maximum atomic E-state index is 5.29. The molecule has 94 valence electrons. The number of rotatable bonds is 6. The first kappa shape index (κ1) is 12.3. The molecule has 0 aromatic heterocycles. The molecule has 1 aliphatic carbocycles. The van der Waals surface area contributed by atoms with E-state index in [-0.39, 0.29) is 0 Å². The summed E-state index contributed by atoms with van der Waals surface area (Å²) in [6, 6.07) is 1.44. The van der Waals surface area contributed by atoms with Gasteiger partial charge in [0.05, 0.1) is 6.61 Å². The molecule has 2 rings (SSSR count). The minimum atomic E-state index is 0.583. The van der Waals surface area contributed by atoms with Crippen LogP contribution in [-0.2, 0) is 4.74 Å². The summed E-state index contributed by atoms with van der Waals surface area (Å²) in [6.07, 6.45) is 5.54. The van der Waals surface area contributed by atoms with Gasteiger partial charge in [-0.05, 0) is 51.6 Å². The molecule has 0 aromatic carbocycles. The molecule has 2 fully saturated rings. The maximum absolute atomic E-state index is 5.29. The first-order chi connectivity index (χ1) is 7.81. The molecule has 3 heteroatoms. The third-order valence-corrected chi connectivity index (χ3v) is 3.86. The summed E-state index contributed by atoms with van der Waals surface area (Å²) in [7, 11) is 1.81. The average molecular weight is 226 g/mol. The average Bonchev–Trinajstić information content (AvgIpc) is 3.11. The summed E-state index contributed by atoms with van der Waals surface area (Å²) in [4.78, 5) is 2.68. The lowest BCUT2D eigenvalue weighted by Gasteiger charge is -2.34. The molecule has 0 bridgehead atoms. The van der Waals surface area contributed by atoms with Gasteiger partial charge in [-0.2, -0.15) is 0 Å². The normalized spacial score (nSPS) is 28.3. The molecule has 1 saturated heterocycles. The molecule has 0 radical (unpaired) electrons. The van der Waals surface area contributed by atoms with Crippen molar-refractivity contribution in [3.8, 4) is 0 Å². The Morgan fingerprint density at radius 3 is 2.75 bits per heavy atom. The summed E-state index contributed by atoms with van der Waals surface area (Å²) >= 11 is 0. The number of hydrogen-bond acceptors (Lipinski definition) is 3. The summed E-state index contributed by atoms with van der Waals surface area (Å²) in [5.41, 5.74) is 0. The van der Waals surface area contributed by atoms with Gasteiger partial charge in [0.1, 0.15) is 0 Å². The van der Waals surface area contributed by atoms with Crippen molar-refractivity contribution in [3.05, 3.63) is 0 Å². The van der Waals surface area contributed by atoms with Crippen LogP contribution < -0.4 is 5.32 Å². The van der Waals surface area contributed by atoms with Crippen molar-refractivity contribution in [2.45, 2.75) is 44.7 Å². The van der Waals surface area contributed by atoms with Gasteiger partial charge in [-0.25, -0.2) is 0 Å². The van der Waals surface area contributed by atoms with E-state index in [0.29, 0.717) is 6.04 Å². The second-order valence-electron chi connectivity index (χ2n) is 5.44. The van der Waals surface area contributed by atoms with Gasteiger partial charge in [0.2, 0.25) is 0 Å². The van der Waals surface area contributed by atoms with Crippen LogP contribution in [-0.4, -0.2) is 50.3 Å². The molecule has 2 aliphatic rings. The zero-order valence-corrected chi connectivity index (χ0v) is 10.7. The molecule has 1 saturated carbocycles. The molecular weight excluding hydrogens is 200 g/mol. The minimum Gasteiger partial charge on any atom is -0.383 e. The van der Waals surface area contributed by atoms with Crippen molar-refractivity contribution >= 4 is 0 Å². The van der Waals surface area contributed by atoms with Crippen molar-refractivity contribution in [3.63, 3.8) is 0 Å². The highest BCUT2D eigenvalue weighted by Gasteiger charge is 2.33. The Kier molecular flexibility index (Phi) is 4.62. The van der Waals surface area contributed by atoms with E-state index in [9.17, 15) is 0 Å². The molecule has 0 spiro atoms. The highest BCUT2D eigenvalue weighted by atomic mass is 16.5. The van der Waals surface area contributed by atoms with Crippen LogP contribution in [0.25, 0.3) is 0 Å². The standard InChI is InChI=1S/C13H26N2O/c1-11(10-16-2)15(13-5-6-13)9-12-4-3-7-14-8-12/h11-14H,3-10H2,1-2H3. The third kappa shape index (κ3) is 3.44. The number of ether oxygens (including phenoxy) is 1. The SMILES string of the molecule is COCC(C)N(CC1CCCNC1)C1CC1. The Labute approximate surface area is 99.5 Å². The second kappa shape index (κ2) is 5.99. The Morgan fingerprint density at radius 1 is 1.38 bits per heavy atom. The Balaban J connectivity index is 1.81. The zero-order valence-electron chi connectivity index (χ0n) is 10.7. The Hall–Kier alpha value is -0.120. The summed E-state index contributed by atoms with van der Waals surface area (Å²) in [5.74, 6) is 0.855. The van der Waals surface area contributed by atoms with Gasteiger partial charge in [0.15, 0.2) is 0 Å². The molecule has 2 atom stereocenters. The number of hydrogen-bond donors (Lipinski definition) is 1. The van der Waals surface area contributed by atoms with Crippen LogP contribution in [0.15, 0.2) is 0 Å². The number of piperidine rings is 1. The van der Waals surface area contributed by atoms with Gasteiger partial charge >= 0.3 is 0 Å². The van der Waals surface area contributed by atoms with Crippen molar-refractivity contribution < 1.29 is 4.74 Å². The zero-order chi connectivity index (χ0) is 11.4. The first-order valence-corrected chi connectivity index (χ1v) is 6.76. The van der Waals surface area contributed by atoms with Gasteiger partial charge in [-0.15, -0.1) is 0 Å². The first-order valence-electron chi connectivity index (χ1n) is 6.76. The molecule has 0 amide bonds. The van der Waals surface area contributed by atoms with Crippen molar-refractivity contribution in [2.75, 3.05) is 33.4 Å². The number of nitrogens with zero attached hydrogens (tertiary/aromatic N) is 1. The van der Waals surface area contributed by atoms with E-state index in [0.717, 1.165) is 18.6 Å². The van der Waals surface area contributed by atoms with Crippen LogP contribution in [0.2, 0.25) is 0 Å². The Bertz CT molecular complexity index is 200. The van der Waals surface area contributed by atoms with Gasteiger partial charge < -0.3 is 10.1 Å². The molecule has 3 nitrogen and oxygen atoms in total. The predicted octanol–water partition coefficient (Wildman–Crippen LogP) is 1.49. The van der Waals surface area contributed by atoms with Crippen LogP contribution in [0.5, 0.6) is 0 Å². The summed E-state index contributed by atoms with van der Waals surface area (Å²) in [6.45, 7) is 6.87. The highest BCUT2D eigenvalue weighted by molar-refractivity contribution is 4.89. The monoisotopic (exact) mass is 226 g/mol. The van der Waals surface area contributed by atoms with E-state index < -0.39 is 0 Å². The lowest BCUT2D eigenvalue weighted by Crippen LogP contribution is -2.44. The van der Waals surface area contributed by atoms with Crippen molar-refractivity contribution in [1.82, 2.24) is 10.2 Å². The largest absolute Gasteiger partial charge is 0.383 e. The lowest BCUT2D eigenvalue weighted by molar-refractivity contribution is 0.0786. The highest BCUT2D eigenvalue weighted by Crippen LogP contribution is 2.30. The van der Waals surface area contributed by atoms with Crippen molar-refractivity contribution in [2.24, 2.45) is 5.92 Å². The van der Waals surface area contributed by atoms with Gasteiger partial charge in [0.25, 0.3) is 0 Å². The van der Waals surface area contributed by atoms with E-state index >= 15 is 0 Å².